The molecule has 0 aliphatic heterocycles. The summed E-state index contributed by atoms with van der Waals surface area (Å²) in [5.41, 5.74) is 0.230. The number of carbonyl (C=O) groups excluding carboxylic acids is 1. The molecule has 8 heteroatoms. The number of anilines is 1. The first-order valence-electron chi connectivity index (χ1n) is 6.63. The van der Waals surface area contributed by atoms with E-state index in [1.165, 1.54) is 23.2 Å². The molecule has 1 amide bonds. The molecule has 7 nitrogen and oxygen atoms in total. The summed E-state index contributed by atoms with van der Waals surface area (Å²) in [5, 5.41) is 12.4. The van der Waals surface area contributed by atoms with E-state index in [1.807, 2.05) is 0 Å². The molecule has 0 aliphatic rings. The number of rotatable bonds is 3. The first-order valence-corrected chi connectivity index (χ1v) is 7.42. The molecule has 0 unspecified atom stereocenters. The Hall–Kier alpha value is -2.74. The van der Waals surface area contributed by atoms with Crippen molar-refractivity contribution < 1.29 is 9.90 Å². The second-order valence-electron chi connectivity index (χ2n) is 4.76. The molecule has 0 spiro atoms. The molecule has 0 radical (unpaired) electrons. The zero-order valence-electron chi connectivity index (χ0n) is 11.7. The van der Waals surface area contributed by atoms with Crippen LogP contribution in [0.15, 0.2) is 52.1 Å². The predicted molar refractivity (Wildman–Crippen MR) is 88.2 cm³/mol. The Labute approximate surface area is 138 Å². The van der Waals surface area contributed by atoms with Crippen LogP contribution in [0.25, 0.3) is 10.9 Å². The monoisotopic (exact) mass is 374 g/mol. The molecule has 0 bridgehead atoms. The molecule has 0 aliphatic carbocycles. The number of aromatic nitrogens is 3. The highest BCUT2D eigenvalue weighted by molar-refractivity contribution is 9.10. The van der Waals surface area contributed by atoms with Crippen molar-refractivity contribution in [3.8, 4) is 5.75 Å². The minimum absolute atomic E-state index is 0.0436. The molecule has 2 heterocycles. The van der Waals surface area contributed by atoms with E-state index in [2.05, 4.69) is 31.2 Å². The van der Waals surface area contributed by atoms with Gasteiger partial charge in [-0.15, -0.1) is 0 Å². The number of hydrogen-bond donors (Lipinski definition) is 2. The van der Waals surface area contributed by atoms with Gasteiger partial charge in [0.2, 0.25) is 5.91 Å². The predicted octanol–water partition coefficient (Wildman–Crippen LogP) is 1.90. The number of carbonyl (C=O) groups is 1. The second kappa shape index (κ2) is 6.17. The molecule has 2 aromatic heterocycles. The van der Waals surface area contributed by atoms with Crippen LogP contribution in [0.2, 0.25) is 0 Å². The minimum Gasteiger partial charge on any atom is -0.504 e. The molecule has 2 N–H and O–H groups in total. The van der Waals surface area contributed by atoms with E-state index in [4.69, 9.17) is 0 Å². The van der Waals surface area contributed by atoms with Crippen LogP contribution in [0.3, 0.4) is 0 Å². The van der Waals surface area contributed by atoms with E-state index in [1.54, 1.807) is 24.3 Å². The Balaban J connectivity index is 1.87. The standard InChI is InChI=1S/C15H11BrN4O3/c16-9-3-4-11-10(6-9)15(23)20(8-18-11)7-13(22)19-14-12(21)2-1-5-17-14/h1-6,8,21H,7H2,(H,17,19,22). The zero-order chi connectivity index (χ0) is 16.4. The Morgan fingerprint density at radius 3 is 2.91 bits per heavy atom. The van der Waals surface area contributed by atoms with Crippen molar-refractivity contribution in [2.24, 2.45) is 0 Å². The Kier molecular flexibility index (Phi) is 4.07. The largest absolute Gasteiger partial charge is 0.504 e. The van der Waals surface area contributed by atoms with Gasteiger partial charge in [-0.25, -0.2) is 9.97 Å². The normalized spacial score (nSPS) is 10.7. The highest BCUT2D eigenvalue weighted by atomic mass is 79.9. The van der Waals surface area contributed by atoms with Crippen LogP contribution < -0.4 is 10.9 Å². The average molecular weight is 375 g/mol. The number of hydrogen-bond acceptors (Lipinski definition) is 5. The van der Waals surface area contributed by atoms with Gasteiger partial charge in [0, 0.05) is 10.7 Å². The quantitative estimate of drug-likeness (QED) is 0.729. The van der Waals surface area contributed by atoms with Gasteiger partial charge in [0.25, 0.3) is 5.56 Å². The topological polar surface area (TPSA) is 97.1 Å². The molecule has 0 atom stereocenters. The molecular formula is C15H11BrN4O3. The van der Waals surface area contributed by atoms with Crippen LogP contribution in [0.1, 0.15) is 0 Å². The molecule has 23 heavy (non-hydrogen) atoms. The highest BCUT2D eigenvalue weighted by Gasteiger charge is 2.11. The number of pyridine rings is 1. The van der Waals surface area contributed by atoms with Crippen molar-refractivity contribution in [1.82, 2.24) is 14.5 Å². The van der Waals surface area contributed by atoms with Crippen molar-refractivity contribution in [3.05, 3.63) is 57.7 Å². The summed E-state index contributed by atoms with van der Waals surface area (Å²) in [6.07, 6.45) is 2.76. The summed E-state index contributed by atoms with van der Waals surface area (Å²) >= 11 is 3.30. The smallest absolute Gasteiger partial charge is 0.261 e. The molecule has 0 saturated carbocycles. The van der Waals surface area contributed by atoms with E-state index >= 15 is 0 Å². The van der Waals surface area contributed by atoms with Crippen LogP contribution in [0.5, 0.6) is 5.75 Å². The molecule has 0 saturated heterocycles. The lowest BCUT2D eigenvalue weighted by Gasteiger charge is -2.08. The lowest BCUT2D eigenvalue weighted by molar-refractivity contribution is -0.116. The number of benzene rings is 1. The zero-order valence-corrected chi connectivity index (χ0v) is 13.3. The Bertz CT molecular complexity index is 955. The van der Waals surface area contributed by atoms with Crippen molar-refractivity contribution in [2.45, 2.75) is 6.54 Å². The third-order valence-electron chi connectivity index (χ3n) is 3.14. The fourth-order valence-corrected chi connectivity index (χ4v) is 2.42. The molecular weight excluding hydrogens is 364 g/mol. The van der Waals surface area contributed by atoms with Gasteiger partial charge < -0.3 is 10.4 Å². The number of aromatic hydroxyl groups is 1. The summed E-state index contributed by atoms with van der Waals surface area (Å²) in [6.45, 7) is -0.232. The Morgan fingerprint density at radius 1 is 1.30 bits per heavy atom. The third-order valence-corrected chi connectivity index (χ3v) is 3.64. The number of fused-ring (bicyclic) bond motifs is 1. The summed E-state index contributed by atoms with van der Waals surface area (Å²) in [5.74, 6) is -0.590. The number of nitrogens with zero attached hydrogens (tertiary/aromatic N) is 3. The van der Waals surface area contributed by atoms with Crippen LogP contribution in [-0.2, 0) is 11.3 Å². The maximum Gasteiger partial charge on any atom is 0.261 e. The van der Waals surface area contributed by atoms with Gasteiger partial charge in [0.15, 0.2) is 11.6 Å². The van der Waals surface area contributed by atoms with Gasteiger partial charge in [-0.1, -0.05) is 15.9 Å². The van der Waals surface area contributed by atoms with Crippen LogP contribution >= 0.6 is 15.9 Å². The maximum absolute atomic E-state index is 12.4. The SMILES string of the molecule is O=C(Cn1cnc2ccc(Br)cc2c1=O)Nc1ncccc1O. The molecule has 1 aromatic carbocycles. The van der Waals surface area contributed by atoms with Gasteiger partial charge in [0.1, 0.15) is 6.54 Å². The van der Waals surface area contributed by atoms with E-state index in [0.717, 1.165) is 4.47 Å². The Morgan fingerprint density at radius 2 is 2.13 bits per heavy atom. The lowest BCUT2D eigenvalue weighted by atomic mass is 10.2. The fraction of sp³-hybridized carbons (Fsp3) is 0.0667. The highest BCUT2D eigenvalue weighted by Crippen LogP contribution is 2.18. The van der Waals surface area contributed by atoms with E-state index in [0.29, 0.717) is 10.9 Å². The average Bonchev–Trinajstić information content (AvgIpc) is 2.53. The summed E-state index contributed by atoms with van der Waals surface area (Å²) < 4.78 is 1.95. The molecule has 3 aromatic rings. The first-order chi connectivity index (χ1) is 11.0. The minimum atomic E-state index is -0.489. The van der Waals surface area contributed by atoms with Crippen molar-refractivity contribution in [2.75, 3.05) is 5.32 Å². The summed E-state index contributed by atoms with van der Waals surface area (Å²) in [6, 6.07) is 8.11. The van der Waals surface area contributed by atoms with E-state index in [9.17, 15) is 14.7 Å². The summed E-state index contributed by atoms with van der Waals surface area (Å²) in [7, 11) is 0. The van der Waals surface area contributed by atoms with Crippen molar-refractivity contribution in [3.63, 3.8) is 0 Å². The van der Waals surface area contributed by atoms with Gasteiger partial charge >= 0.3 is 0 Å². The van der Waals surface area contributed by atoms with Gasteiger partial charge in [-0.3, -0.25) is 14.2 Å². The number of nitrogens with one attached hydrogen (secondary N) is 1. The molecule has 116 valence electrons. The van der Waals surface area contributed by atoms with Gasteiger partial charge in [0.05, 0.1) is 17.2 Å². The first kappa shape index (κ1) is 15.2. The number of amides is 1. The lowest BCUT2D eigenvalue weighted by Crippen LogP contribution is -2.28. The van der Waals surface area contributed by atoms with Crippen molar-refractivity contribution >= 4 is 38.6 Å². The molecule has 3 rings (SSSR count). The molecule has 0 fully saturated rings. The van der Waals surface area contributed by atoms with E-state index in [-0.39, 0.29) is 23.7 Å². The van der Waals surface area contributed by atoms with Crippen molar-refractivity contribution in [1.29, 1.82) is 0 Å². The van der Waals surface area contributed by atoms with Gasteiger partial charge in [-0.2, -0.15) is 0 Å². The third kappa shape index (κ3) is 3.21. The second-order valence-corrected chi connectivity index (χ2v) is 5.67. The van der Waals surface area contributed by atoms with Gasteiger partial charge in [-0.05, 0) is 30.3 Å². The van der Waals surface area contributed by atoms with Crippen LogP contribution in [0, 0.1) is 0 Å². The number of halogens is 1. The van der Waals surface area contributed by atoms with Crippen LogP contribution in [0.4, 0.5) is 5.82 Å². The maximum atomic E-state index is 12.4. The van der Waals surface area contributed by atoms with E-state index < -0.39 is 5.91 Å². The van der Waals surface area contributed by atoms with Crippen LogP contribution in [-0.4, -0.2) is 25.5 Å². The summed E-state index contributed by atoms with van der Waals surface area (Å²) in [4.78, 5) is 32.4. The fourth-order valence-electron chi connectivity index (χ4n) is 2.06.